The molecule has 0 amide bonds. The highest BCUT2D eigenvalue weighted by Crippen LogP contribution is 2.27. The Hall–Kier alpha value is -1.87. The summed E-state index contributed by atoms with van der Waals surface area (Å²) in [7, 11) is 2.00. The largest absolute Gasteiger partial charge is 0.353 e. The van der Waals surface area contributed by atoms with Crippen LogP contribution in [-0.4, -0.2) is 18.3 Å². The molecule has 104 valence electrons. The van der Waals surface area contributed by atoms with Crippen LogP contribution < -0.4 is 4.90 Å². The number of rotatable bonds is 4. The minimum Gasteiger partial charge on any atom is -0.353 e. The molecule has 2 rings (SSSR count). The zero-order chi connectivity index (χ0) is 14.7. The summed E-state index contributed by atoms with van der Waals surface area (Å²) in [5.41, 5.74) is 2.74. The molecule has 0 radical (unpaired) electrons. The number of anilines is 1. The number of benzene rings is 1. The molecule has 1 aromatic carbocycles. The van der Waals surface area contributed by atoms with Gasteiger partial charge in [0.1, 0.15) is 5.82 Å². The lowest BCUT2D eigenvalue weighted by molar-refractivity contribution is 0.112. The maximum absolute atomic E-state index is 10.8. The van der Waals surface area contributed by atoms with Crippen LogP contribution in [0.25, 0.3) is 0 Å². The third kappa shape index (κ3) is 2.99. The van der Waals surface area contributed by atoms with Gasteiger partial charge in [-0.1, -0.05) is 23.7 Å². The molecule has 0 aliphatic heterocycles. The van der Waals surface area contributed by atoms with Crippen molar-refractivity contribution >= 4 is 23.7 Å². The lowest BCUT2D eigenvalue weighted by Gasteiger charge is -2.27. The van der Waals surface area contributed by atoms with Gasteiger partial charge in [0.2, 0.25) is 0 Å². The number of pyridine rings is 1. The van der Waals surface area contributed by atoms with Crippen LogP contribution in [0.2, 0.25) is 5.02 Å². The van der Waals surface area contributed by atoms with E-state index >= 15 is 0 Å². The third-order valence-corrected chi connectivity index (χ3v) is 3.73. The van der Waals surface area contributed by atoms with Crippen molar-refractivity contribution in [2.75, 3.05) is 11.9 Å². The summed E-state index contributed by atoms with van der Waals surface area (Å²) >= 11 is 5.91. The van der Waals surface area contributed by atoms with Crippen molar-refractivity contribution in [3.8, 4) is 0 Å². The number of carbonyl (C=O) groups excluding carboxylic acids is 1. The molecule has 0 aliphatic carbocycles. The molecule has 1 aromatic heterocycles. The summed E-state index contributed by atoms with van der Waals surface area (Å²) in [5.74, 6) is 0.873. The first-order chi connectivity index (χ1) is 9.52. The van der Waals surface area contributed by atoms with E-state index in [-0.39, 0.29) is 6.04 Å². The summed E-state index contributed by atoms with van der Waals surface area (Å²) in [5, 5.41) is 0.730. The molecule has 0 bridgehead atoms. The number of aldehydes is 1. The van der Waals surface area contributed by atoms with Gasteiger partial charge in [-0.15, -0.1) is 0 Å². The predicted octanol–water partition coefficient (Wildman–Crippen LogP) is 4.05. The number of aryl methyl sites for hydroxylation is 1. The van der Waals surface area contributed by atoms with Crippen LogP contribution in [0.1, 0.15) is 34.5 Å². The molecular weight excluding hydrogens is 272 g/mol. The van der Waals surface area contributed by atoms with Crippen LogP contribution in [0.4, 0.5) is 5.82 Å². The van der Waals surface area contributed by atoms with Crippen LogP contribution in [0, 0.1) is 6.92 Å². The Labute approximate surface area is 124 Å². The van der Waals surface area contributed by atoms with Gasteiger partial charge < -0.3 is 4.90 Å². The van der Waals surface area contributed by atoms with E-state index in [2.05, 4.69) is 16.8 Å². The summed E-state index contributed by atoms with van der Waals surface area (Å²) < 4.78 is 0. The van der Waals surface area contributed by atoms with Gasteiger partial charge in [0.15, 0.2) is 6.29 Å². The summed E-state index contributed by atoms with van der Waals surface area (Å²) in [6.45, 7) is 4.07. The zero-order valence-electron chi connectivity index (χ0n) is 11.8. The number of aromatic nitrogens is 1. The fraction of sp³-hybridized carbons (Fsp3) is 0.250. The highest BCUT2D eigenvalue weighted by molar-refractivity contribution is 6.30. The second-order valence-corrected chi connectivity index (χ2v) is 5.30. The monoisotopic (exact) mass is 288 g/mol. The van der Waals surface area contributed by atoms with Gasteiger partial charge in [-0.2, -0.15) is 0 Å². The molecule has 0 saturated carbocycles. The van der Waals surface area contributed by atoms with Gasteiger partial charge in [-0.05, 0) is 43.2 Å². The predicted molar refractivity (Wildman–Crippen MR) is 82.6 cm³/mol. The molecule has 1 atom stereocenters. The van der Waals surface area contributed by atoms with Gasteiger partial charge in [-0.25, -0.2) is 4.98 Å². The van der Waals surface area contributed by atoms with Crippen LogP contribution >= 0.6 is 11.6 Å². The van der Waals surface area contributed by atoms with E-state index < -0.39 is 0 Å². The minimum atomic E-state index is 0.167. The molecule has 0 fully saturated rings. The fourth-order valence-corrected chi connectivity index (χ4v) is 2.30. The summed E-state index contributed by atoms with van der Waals surface area (Å²) in [6.07, 6.45) is 2.41. The van der Waals surface area contributed by atoms with E-state index in [1.165, 1.54) is 0 Å². The van der Waals surface area contributed by atoms with E-state index in [4.69, 9.17) is 11.6 Å². The SMILES string of the molecule is Cc1cc(C=O)cnc1N(C)C(C)c1ccc(Cl)cc1. The van der Waals surface area contributed by atoms with E-state index in [0.717, 1.165) is 28.3 Å². The van der Waals surface area contributed by atoms with Gasteiger partial charge >= 0.3 is 0 Å². The highest BCUT2D eigenvalue weighted by Gasteiger charge is 2.15. The number of halogens is 1. The van der Waals surface area contributed by atoms with Gasteiger partial charge in [0, 0.05) is 23.8 Å². The van der Waals surface area contributed by atoms with E-state index in [0.29, 0.717) is 5.56 Å². The van der Waals surface area contributed by atoms with Crippen molar-refractivity contribution in [3.05, 3.63) is 58.2 Å². The molecule has 20 heavy (non-hydrogen) atoms. The van der Waals surface area contributed by atoms with Crippen molar-refractivity contribution < 1.29 is 4.79 Å². The Morgan fingerprint density at radius 1 is 1.30 bits per heavy atom. The molecule has 0 saturated heterocycles. The molecule has 1 unspecified atom stereocenters. The Kier molecular flexibility index (Phi) is 4.40. The normalized spacial score (nSPS) is 12.0. The van der Waals surface area contributed by atoms with Crippen molar-refractivity contribution in [2.45, 2.75) is 19.9 Å². The Morgan fingerprint density at radius 2 is 1.95 bits per heavy atom. The standard InChI is InChI=1S/C16H17ClN2O/c1-11-8-13(10-20)9-18-16(11)19(3)12(2)14-4-6-15(17)7-5-14/h4-10,12H,1-3H3. The van der Waals surface area contributed by atoms with E-state index in [1.807, 2.05) is 44.3 Å². The topological polar surface area (TPSA) is 33.2 Å². The van der Waals surface area contributed by atoms with Gasteiger partial charge in [-0.3, -0.25) is 4.79 Å². The summed E-state index contributed by atoms with van der Waals surface area (Å²) in [4.78, 5) is 17.2. The summed E-state index contributed by atoms with van der Waals surface area (Å²) in [6, 6.07) is 9.81. The first kappa shape index (κ1) is 14.5. The van der Waals surface area contributed by atoms with Crippen LogP contribution in [0.3, 0.4) is 0 Å². The van der Waals surface area contributed by atoms with Crippen molar-refractivity contribution in [1.82, 2.24) is 4.98 Å². The number of nitrogens with zero attached hydrogens (tertiary/aromatic N) is 2. The Balaban J connectivity index is 2.28. The van der Waals surface area contributed by atoms with Gasteiger partial charge in [0.25, 0.3) is 0 Å². The highest BCUT2D eigenvalue weighted by atomic mass is 35.5. The maximum atomic E-state index is 10.8. The second kappa shape index (κ2) is 6.06. The average molecular weight is 289 g/mol. The quantitative estimate of drug-likeness (QED) is 0.796. The lowest BCUT2D eigenvalue weighted by atomic mass is 10.1. The first-order valence-electron chi connectivity index (χ1n) is 6.43. The third-order valence-electron chi connectivity index (χ3n) is 3.48. The number of hydrogen-bond donors (Lipinski definition) is 0. The minimum absolute atomic E-state index is 0.167. The van der Waals surface area contributed by atoms with Gasteiger partial charge in [0.05, 0.1) is 6.04 Å². The molecule has 3 nitrogen and oxygen atoms in total. The molecule has 2 aromatic rings. The van der Waals surface area contributed by atoms with Crippen molar-refractivity contribution in [2.24, 2.45) is 0 Å². The van der Waals surface area contributed by atoms with Crippen molar-refractivity contribution in [1.29, 1.82) is 0 Å². The second-order valence-electron chi connectivity index (χ2n) is 4.87. The molecule has 0 N–H and O–H groups in total. The fourth-order valence-electron chi connectivity index (χ4n) is 2.17. The first-order valence-corrected chi connectivity index (χ1v) is 6.81. The smallest absolute Gasteiger partial charge is 0.151 e. The number of hydrogen-bond acceptors (Lipinski definition) is 3. The van der Waals surface area contributed by atoms with E-state index in [1.54, 1.807) is 6.20 Å². The zero-order valence-corrected chi connectivity index (χ0v) is 12.6. The van der Waals surface area contributed by atoms with Crippen LogP contribution in [-0.2, 0) is 0 Å². The lowest BCUT2D eigenvalue weighted by Crippen LogP contribution is -2.23. The van der Waals surface area contributed by atoms with Crippen molar-refractivity contribution in [3.63, 3.8) is 0 Å². The average Bonchev–Trinajstić information content (AvgIpc) is 2.46. The Morgan fingerprint density at radius 3 is 2.50 bits per heavy atom. The Bertz CT molecular complexity index is 610. The maximum Gasteiger partial charge on any atom is 0.151 e. The molecule has 4 heteroatoms. The molecular formula is C16H17ClN2O. The van der Waals surface area contributed by atoms with Crippen LogP contribution in [0.5, 0.6) is 0 Å². The molecule has 0 aliphatic rings. The molecule has 1 heterocycles. The molecule has 0 spiro atoms. The van der Waals surface area contributed by atoms with Crippen LogP contribution in [0.15, 0.2) is 36.5 Å². The number of carbonyl (C=O) groups is 1. The van der Waals surface area contributed by atoms with E-state index in [9.17, 15) is 4.79 Å².